The van der Waals surface area contributed by atoms with E-state index in [1.807, 2.05) is 60.7 Å². The molecule has 3 aromatic carbocycles. The van der Waals surface area contributed by atoms with E-state index in [0.29, 0.717) is 5.56 Å². The average molecular weight is 403 g/mol. The van der Waals surface area contributed by atoms with Gasteiger partial charge in [0.25, 0.3) is 5.91 Å². The first-order valence-corrected chi connectivity index (χ1v) is 10.3. The summed E-state index contributed by atoms with van der Waals surface area (Å²) in [6.45, 7) is 2.10. The number of fused-ring (bicyclic) bond motifs is 1. The third-order valence-corrected chi connectivity index (χ3v) is 6.07. The van der Waals surface area contributed by atoms with Crippen LogP contribution >= 0.6 is 11.3 Å². The smallest absolute Gasteiger partial charge is 0.258 e. The first-order valence-electron chi connectivity index (χ1n) is 9.51. The third-order valence-electron chi connectivity index (χ3n) is 5.00. The number of amides is 1. The molecular formula is C24H22N2O2S. The van der Waals surface area contributed by atoms with Crippen LogP contribution in [0.15, 0.2) is 66.7 Å². The van der Waals surface area contributed by atoms with E-state index in [0.717, 1.165) is 38.6 Å². The number of benzene rings is 3. The number of hydrogen-bond acceptors (Lipinski definition) is 4. The van der Waals surface area contributed by atoms with E-state index in [-0.39, 0.29) is 5.91 Å². The number of aryl methyl sites for hydroxylation is 1. The van der Waals surface area contributed by atoms with Crippen LogP contribution in [0.2, 0.25) is 0 Å². The number of carbonyl (C=O) groups is 1. The molecule has 0 aliphatic heterocycles. The van der Waals surface area contributed by atoms with Gasteiger partial charge in [-0.3, -0.25) is 4.79 Å². The van der Waals surface area contributed by atoms with Gasteiger partial charge in [0, 0.05) is 18.2 Å². The number of para-hydroxylation sites is 1. The molecule has 29 heavy (non-hydrogen) atoms. The first-order chi connectivity index (χ1) is 14.1. The van der Waals surface area contributed by atoms with E-state index >= 15 is 0 Å². The zero-order chi connectivity index (χ0) is 20.4. The quantitative estimate of drug-likeness (QED) is 0.423. The largest absolute Gasteiger partial charge is 0.497 e. The Morgan fingerprint density at radius 1 is 1.07 bits per heavy atom. The van der Waals surface area contributed by atoms with Crippen molar-refractivity contribution in [2.75, 3.05) is 19.1 Å². The van der Waals surface area contributed by atoms with Crippen LogP contribution in [0.1, 0.15) is 22.8 Å². The Morgan fingerprint density at radius 2 is 1.83 bits per heavy atom. The van der Waals surface area contributed by atoms with Crippen LogP contribution in [0.25, 0.3) is 20.8 Å². The van der Waals surface area contributed by atoms with Gasteiger partial charge in [-0.05, 0) is 54.4 Å². The minimum absolute atomic E-state index is 0.0554. The lowest BCUT2D eigenvalue weighted by Crippen LogP contribution is -2.26. The van der Waals surface area contributed by atoms with Gasteiger partial charge in [0.05, 0.1) is 23.0 Å². The minimum atomic E-state index is -0.0554. The Hall–Kier alpha value is -3.18. The minimum Gasteiger partial charge on any atom is -0.497 e. The summed E-state index contributed by atoms with van der Waals surface area (Å²) in [5, 5.41) is 0.862. The molecule has 0 fully saturated rings. The van der Waals surface area contributed by atoms with Gasteiger partial charge in [0.1, 0.15) is 10.8 Å². The maximum Gasteiger partial charge on any atom is 0.258 e. The average Bonchev–Trinajstić information content (AvgIpc) is 3.22. The maximum atomic E-state index is 13.1. The van der Waals surface area contributed by atoms with E-state index in [9.17, 15) is 4.79 Å². The van der Waals surface area contributed by atoms with E-state index in [1.54, 1.807) is 30.4 Å². The lowest BCUT2D eigenvalue weighted by Gasteiger charge is -2.21. The van der Waals surface area contributed by atoms with Crippen molar-refractivity contribution in [2.24, 2.45) is 0 Å². The number of hydrogen-bond donors (Lipinski definition) is 0. The number of anilines is 1. The summed E-state index contributed by atoms with van der Waals surface area (Å²) in [5.74, 6) is 0.677. The molecule has 5 heteroatoms. The fourth-order valence-corrected chi connectivity index (χ4v) is 4.27. The van der Waals surface area contributed by atoms with Crippen molar-refractivity contribution in [1.82, 2.24) is 4.98 Å². The van der Waals surface area contributed by atoms with Gasteiger partial charge in [0.2, 0.25) is 0 Å². The SMILES string of the molecule is CCc1ccc(C(=O)N(C)c2ccc(OC)cc2-c2nc3ccccc3s2)cc1. The number of nitrogens with zero attached hydrogens (tertiary/aromatic N) is 2. The zero-order valence-corrected chi connectivity index (χ0v) is 17.5. The van der Waals surface area contributed by atoms with Crippen molar-refractivity contribution in [2.45, 2.75) is 13.3 Å². The van der Waals surface area contributed by atoms with Crippen LogP contribution in [0.5, 0.6) is 5.75 Å². The Kier molecular flexibility index (Phi) is 5.32. The van der Waals surface area contributed by atoms with Gasteiger partial charge in [-0.2, -0.15) is 0 Å². The molecule has 1 aromatic heterocycles. The number of carbonyl (C=O) groups excluding carboxylic acids is 1. The molecule has 4 nitrogen and oxygen atoms in total. The molecule has 0 atom stereocenters. The summed E-state index contributed by atoms with van der Waals surface area (Å²) < 4.78 is 6.54. The molecule has 0 bridgehead atoms. The highest BCUT2D eigenvalue weighted by Crippen LogP contribution is 2.38. The van der Waals surface area contributed by atoms with Crippen molar-refractivity contribution >= 4 is 33.1 Å². The second kappa shape index (κ2) is 8.05. The second-order valence-electron chi connectivity index (χ2n) is 6.78. The van der Waals surface area contributed by atoms with Crippen LogP contribution in [-0.4, -0.2) is 25.0 Å². The number of rotatable bonds is 5. The Balaban J connectivity index is 1.77. The maximum absolute atomic E-state index is 13.1. The van der Waals surface area contributed by atoms with Crippen molar-refractivity contribution in [3.63, 3.8) is 0 Å². The molecule has 4 aromatic rings. The summed E-state index contributed by atoms with van der Waals surface area (Å²) in [4.78, 5) is 19.6. The first kappa shape index (κ1) is 19.2. The summed E-state index contributed by atoms with van der Waals surface area (Å²) in [5.41, 5.74) is 4.51. The molecule has 0 N–H and O–H groups in total. The highest BCUT2D eigenvalue weighted by Gasteiger charge is 2.20. The van der Waals surface area contributed by atoms with Crippen molar-refractivity contribution in [1.29, 1.82) is 0 Å². The third kappa shape index (κ3) is 3.74. The highest BCUT2D eigenvalue weighted by atomic mass is 32.1. The molecule has 0 aliphatic carbocycles. The van der Waals surface area contributed by atoms with Crippen LogP contribution in [-0.2, 0) is 6.42 Å². The predicted molar refractivity (Wildman–Crippen MR) is 120 cm³/mol. The Morgan fingerprint density at radius 3 is 2.52 bits per heavy atom. The lowest BCUT2D eigenvalue weighted by molar-refractivity contribution is 0.0993. The second-order valence-corrected chi connectivity index (χ2v) is 7.82. The molecule has 146 valence electrons. The Bertz CT molecular complexity index is 1130. The van der Waals surface area contributed by atoms with Gasteiger partial charge < -0.3 is 9.64 Å². The number of aromatic nitrogens is 1. The van der Waals surface area contributed by atoms with Gasteiger partial charge in [-0.1, -0.05) is 31.2 Å². The molecule has 0 saturated heterocycles. The molecule has 0 unspecified atom stereocenters. The monoisotopic (exact) mass is 402 g/mol. The summed E-state index contributed by atoms with van der Waals surface area (Å²) >= 11 is 1.61. The van der Waals surface area contributed by atoms with Gasteiger partial charge >= 0.3 is 0 Å². The van der Waals surface area contributed by atoms with E-state index in [1.165, 1.54) is 5.56 Å². The normalized spacial score (nSPS) is 10.9. The van der Waals surface area contributed by atoms with Crippen LogP contribution in [0.4, 0.5) is 5.69 Å². The molecule has 0 saturated carbocycles. The van der Waals surface area contributed by atoms with Gasteiger partial charge in [-0.15, -0.1) is 11.3 Å². The van der Waals surface area contributed by atoms with E-state index in [2.05, 4.69) is 13.0 Å². The number of ether oxygens (including phenoxy) is 1. The molecule has 0 spiro atoms. The van der Waals surface area contributed by atoms with Crippen molar-refractivity contribution in [3.8, 4) is 16.3 Å². The lowest BCUT2D eigenvalue weighted by atomic mass is 10.1. The molecule has 1 amide bonds. The highest BCUT2D eigenvalue weighted by molar-refractivity contribution is 7.21. The van der Waals surface area contributed by atoms with Gasteiger partial charge in [0.15, 0.2) is 0 Å². The fraction of sp³-hybridized carbons (Fsp3) is 0.167. The standard InChI is InChI=1S/C24H22N2O2S/c1-4-16-9-11-17(12-10-16)24(27)26(2)21-14-13-18(28-3)15-19(21)23-25-20-7-5-6-8-22(20)29-23/h5-15H,4H2,1-3H3. The van der Waals surface area contributed by atoms with Crippen molar-refractivity contribution < 1.29 is 9.53 Å². The summed E-state index contributed by atoms with van der Waals surface area (Å²) in [6, 6.07) is 21.6. The van der Waals surface area contributed by atoms with Crippen LogP contribution < -0.4 is 9.64 Å². The summed E-state index contributed by atoms with van der Waals surface area (Å²) in [6.07, 6.45) is 0.949. The molecular weight excluding hydrogens is 380 g/mol. The van der Waals surface area contributed by atoms with Crippen LogP contribution in [0, 0.1) is 0 Å². The van der Waals surface area contributed by atoms with Crippen LogP contribution in [0.3, 0.4) is 0 Å². The topological polar surface area (TPSA) is 42.4 Å². The summed E-state index contributed by atoms with van der Waals surface area (Å²) in [7, 11) is 3.44. The van der Waals surface area contributed by atoms with Gasteiger partial charge in [-0.25, -0.2) is 4.98 Å². The predicted octanol–water partition coefficient (Wildman–Crippen LogP) is 5.81. The zero-order valence-electron chi connectivity index (χ0n) is 16.7. The molecule has 4 rings (SSSR count). The Labute approximate surface area is 174 Å². The molecule has 1 heterocycles. The molecule has 0 radical (unpaired) electrons. The number of thiazole rings is 1. The number of methoxy groups -OCH3 is 1. The molecule has 0 aliphatic rings. The van der Waals surface area contributed by atoms with Crippen molar-refractivity contribution in [3.05, 3.63) is 77.9 Å². The fourth-order valence-electron chi connectivity index (χ4n) is 3.28. The van der Waals surface area contributed by atoms with E-state index < -0.39 is 0 Å². The van der Waals surface area contributed by atoms with E-state index in [4.69, 9.17) is 9.72 Å².